The molecule has 0 unspecified atom stereocenters. The standard InChI is InChI=1S/C13H14ClN3O3/c1-3-8-19-12-15-11(14)16-13(17-12)20-10-6-4-9(18-2)5-7-10/h4-7H,3,8H2,1-2H3. The molecule has 0 aliphatic carbocycles. The second-order valence-electron chi connectivity index (χ2n) is 3.80. The van der Waals surface area contributed by atoms with Crippen LogP contribution in [0.3, 0.4) is 0 Å². The van der Waals surface area contributed by atoms with Gasteiger partial charge >= 0.3 is 12.0 Å². The second kappa shape index (κ2) is 6.91. The Morgan fingerprint density at radius 1 is 1.00 bits per heavy atom. The third-order valence-corrected chi connectivity index (χ3v) is 2.44. The highest BCUT2D eigenvalue weighted by Crippen LogP contribution is 2.23. The van der Waals surface area contributed by atoms with E-state index in [9.17, 15) is 0 Å². The summed E-state index contributed by atoms with van der Waals surface area (Å²) in [7, 11) is 1.60. The minimum absolute atomic E-state index is 0.0228. The lowest BCUT2D eigenvalue weighted by Gasteiger charge is -2.07. The Kier molecular flexibility index (Phi) is 4.95. The Hall–Kier alpha value is -2.08. The van der Waals surface area contributed by atoms with Crippen molar-refractivity contribution in [3.8, 4) is 23.5 Å². The predicted molar refractivity (Wildman–Crippen MR) is 73.7 cm³/mol. The highest BCUT2D eigenvalue weighted by atomic mass is 35.5. The molecule has 2 aromatic rings. The van der Waals surface area contributed by atoms with Gasteiger partial charge in [0.15, 0.2) is 0 Å². The van der Waals surface area contributed by atoms with Gasteiger partial charge in [0.05, 0.1) is 13.7 Å². The number of aromatic nitrogens is 3. The van der Waals surface area contributed by atoms with Crippen molar-refractivity contribution in [1.29, 1.82) is 0 Å². The fraction of sp³-hybridized carbons (Fsp3) is 0.308. The van der Waals surface area contributed by atoms with Crippen LogP contribution in [0, 0.1) is 0 Å². The van der Waals surface area contributed by atoms with Gasteiger partial charge in [0.1, 0.15) is 11.5 Å². The van der Waals surface area contributed by atoms with Crippen LogP contribution in [-0.2, 0) is 0 Å². The first-order valence-corrected chi connectivity index (χ1v) is 6.45. The predicted octanol–water partition coefficient (Wildman–Crippen LogP) is 3.11. The summed E-state index contributed by atoms with van der Waals surface area (Å²) in [4.78, 5) is 11.8. The maximum absolute atomic E-state index is 5.80. The first kappa shape index (κ1) is 14.3. The van der Waals surface area contributed by atoms with Crippen LogP contribution in [-0.4, -0.2) is 28.7 Å². The Balaban J connectivity index is 2.12. The van der Waals surface area contributed by atoms with Gasteiger partial charge in [0.25, 0.3) is 0 Å². The molecule has 1 heterocycles. The van der Waals surface area contributed by atoms with Crippen molar-refractivity contribution in [2.75, 3.05) is 13.7 Å². The van der Waals surface area contributed by atoms with Gasteiger partial charge in [-0.05, 0) is 42.3 Å². The summed E-state index contributed by atoms with van der Waals surface area (Å²) < 4.78 is 15.9. The quantitative estimate of drug-likeness (QED) is 0.816. The average Bonchev–Trinajstić information content (AvgIpc) is 2.45. The summed E-state index contributed by atoms with van der Waals surface area (Å²) in [5, 5.41) is 0.0228. The first-order valence-electron chi connectivity index (χ1n) is 6.07. The molecule has 0 aliphatic rings. The van der Waals surface area contributed by atoms with E-state index < -0.39 is 0 Å². The molecule has 106 valence electrons. The van der Waals surface area contributed by atoms with Crippen molar-refractivity contribution in [1.82, 2.24) is 15.0 Å². The normalized spacial score (nSPS) is 10.2. The SMILES string of the molecule is CCCOc1nc(Cl)nc(Oc2ccc(OC)cc2)n1. The third-order valence-electron chi connectivity index (χ3n) is 2.27. The smallest absolute Gasteiger partial charge is 0.329 e. The second-order valence-corrected chi connectivity index (χ2v) is 4.13. The van der Waals surface area contributed by atoms with Crippen LogP contribution in [0.2, 0.25) is 5.28 Å². The fourth-order valence-corrected chi connectivity index (χ4v) is 1.51. The highest BCUT2D eigenvalue weighted by Gasteiger charge is 2.08. The molecule has 0 N–H and O–H groups in total. The minimum atomic E-state index is 0.0228. The summed E-state index contributed by atoms with van der Waals surface area (Å²) in [6.45, 7) is 2.49. The Morgan fingerprint density at radius 3 is 2.30 bits per heavy atom. The maximum atomic E-state index is 5.80. The molecule has 0 bridgehead atoms. The molecule has 0 aliphatic heterocycles. The minimum Gasteiger partial charge on any atom is -0.497 e. The highest BCUT2D eigenvalue weighted by molar-refractivity contribution is 6.28. The number of hydrogen-bond acceptors (Lipinski definition) is 6. The van der Waals surface area contributed by atoms with Crippen molar-refractivity contribution < 1.29 is 14.2 Å². The van der Waals surface area contributed by atoms with E-state index in [1.54, 1.807) is 31.4 Å². The van der Waals surface area contributed by atoms with Crippen molar-refractivity contribution >= 4 is 11.6 Å². The number of methoxy groups -OCH3 is 1. The van der Waals surface area contributed by atoms with Gasteiger partial charge in [-0.2, -0.15) is 9.97 Å². The van der Waals surface area contributed by atoms with E-state index in [0.717, 1.165) is 12.2 Å². The molecule has 1 aromatic carbocycles. The lowest BCUT2D eigenvalue weighted by atomic mass is 10.3. The fourth-order valence-electron chi connectivity index (χ4n) is 1.37. The summed E-state index contributed by atoms with van der Waals surface area (Å²) in [5.74, 6) is 1.30. The van der Waals surface area contributed by atoms with Crippen LogP contribution in [0.5, 0.6) is 23.5 Å². The van der Waals surface area contributed by atoms with Gasteiger partial charge in [-0.3, -0.25) is 0 Å². The van der Waals surface area contributed by atoms with E-state index in [1.807, 2.05) is 6.92 Å². The van der Waals surface area contributed by atoms with Crippen molar-refractivity contribution in [3.05, 3.63) is 29.5 Å². The molecule has 1 aromatic heterocycles. The molecule has 0 saturated heterocycles. The van der Waals surface area contributed by atoms with Gasteiger partial charge in [0.2, 0.25) is 5.28 Å². The number of hydrogen-bond donors (Lipinski definition) is 0. The lowest BCUT2D eigenvalue weighted by molar-refractivity contribution is 0.284. The van der Waals surface area contributed by atoms with Crippen LogP contribution >= 0.6 is 11.6 Å². The molecule has 0 atom stereocenters. The van der Waals surface area contributed by atoms with E-state index in [2.05, 4.69) is 15.0 Å². The first-order chi connectivity index (χ1) is 9.71. The van der Waals surface area contributed by atoms with E-state index in [1.165, 1.54) is 0 Å². The molecule has 2 rings (SSSR count). The van der Waals surface area contributed by atoms with Crippen LogP contribution in [0.1, 0.15) is 13.3 Å². The largest absolute Gasteiger partial charge is 0.497 e. The van der Waals surface area contributed by atoms with Crippen LogP contribution in [0.25, 0.3) is 0 Å². The molecule has 0 radical (unpaired) electrons. The van der Waals surface area contributed by atoms with E-state index in [4.69, 9.17) is 25.8 Å². The Morgan fingerprint density at radius 2 is 1.65 bits per heavy atom. The third kappa shape index (κ3) is 3.96. The van der Waals surface area contributed by atoms with Gasteiger partial charge in [-0.15, -0.1) is 4.98 Å². The summed E-state index contributed by atoms with van der Waals surface area (Å²) in [5.41, 5.74) is 0. The van der Waals surface area contributed by atoms with Gasteiger partial charge in [-0.25, -0.2) is 0 Å². The van der Waals surface area contributed by atoms with Gasteiger partial charge in [-0.1, -0.05) is 6.92 Å². The number of ether oxygens (including phenoxy) is 3. The summed E-state index contributed by atoms with van der Waals surface area (Å²) >= 11 is 5.80. The zero-order chi connectivity index (χ0) is 14.4. The zero-order valence-corrected chi connectivity index (χ0v) is 11.9. The number of benzene rings is 1. The number of rotatable bonds is 6. The molecular weight excluding hydrogens is 282 g/mol. The van der Waals surface area contributed by atoms with Gasteiger partial charge < -0.3 is 14.2 Å². The topological polar surface area (TPSA) is 66.4 Å². The molecule has 0 fully saturated rings. The maximum Gasteiger partial charge on any atom is 0.329 e. The van der Waals surface area contributed by atoms with Gasteiger partial charge in [0, 0.05) is 0 Å². The van der Waals surface area contributed by atoms with Crippen molar-refractivity contribution in [2.45, 2.75) is 13.3 Å². The molecule has 0 spiro atoms. The summed E-state index contributed by atoms with van der Waals surface area (Å²) in [6.07, 6.45) is 0.845. The van der Waals surface area contributed by atoms with Crippen molar-refractivity contribution in [3.63, 3.8) is 0 Å². The average molecular weight is 296 g/mol. The number of nitrogens with zero attached hydrogens (tertiary/aromatic N) is 3. The zero-order valence-electron chi connectivity index (χ0n) is 11.2. The molecule has 0 saturated carbocycles. The molecule has 6 nitrogen and oxygen atoms in total. The van der Waals surface area contributed by atoms with E-state index in [0.29, 0.717) is 12.4 Å². The summed E-state index contributed by atoms with van der Waals surface area (Å²) in [6, 6.07) is 7.25. The lowest BCUT2D eigenvalue weighted by Crippen LogP contribution is -2.03. The molecule has 20 heavy (non-hydrogen) atoms. The van der Waals surface area contributed by atoms with Crippen LogP contribution in [0.15, 0.2) is 24.3 Å². The van der Waals surface area contributed by atoms with Crippen molar-refractivity contribution in [2.24, 2.45) is 0 Å². The molecule has 7 heteroatoms. The van der Waals surface area contributed by atoms with Crippen LogP contribution in [0.4, 0.5) is 0 Å². The molecular formula is C13H14ClN3O3. The van der Waals surface area contributed by atoms with Crippen LogP contribution < -0.4 is 14.2 Å². The monoisotopic (exact) mass is 295 g/mol. The Labute approximate surface area is 121 Å². The molecule has 0 amide bonds. The van der Waals surface area contributed by atoms with E-state index in [-0.39, 0.29) is 17.3 Å². The Bertz CT molecular complexity index is 563. The number of halogens is 1. The van der Waals surface area contributed by atoms with E-state index >= 15 is 0 Å².